The molecule has 340 valence electrons. The van der Waals surface area contributed by atoms with Gasteiger partial charge in [-0.05, 0) is 36.1 Å². The van der Waals surface area contributed by atoms with Gasteiger partial charge in [0.25, 0.3) is 0 Å². The van der Waals surface area contributed by atoms with Crippen LogP contribution in [0.1, 0.15) is 70.7 Å². The Morgan fingerprint density at radius 2 is 1.88 bits per heavy atom. The number of nitrogens with one attached hydrogen (secondary N) is 1. The number of esters is 1. The van der Waals surface area contributed by atoms with E-state index in [0.717, 1.165) is 22.0 Å². The van der Waals surface area contributed by atoms with Crippen LogP contribution in [-0.4, -0.2) is 109 Å². The normalized spacial score (nSPS) is 27.7. The number of carbonyl (C=O) groups is 2. The Bertz CT molecular complexity index is 2720. The maximum absolute atomic E-state index is 12.5. The molecular formula is C47H48N4O14. The van der Waals surface area contributed by atoms with Crippen LogP contribution in [0.4, 0.5) is 0 Å². The predicted molar refractivity (Wildman–Crippen MR) is 227 cm³/mol. The number of aromatic amines is 1. The molecule has 3 aromatic carbocycles. The van der Waals surface area contributed by atoms with Gasteiger partial charge in [0.2, 0.25) is 12.0 Å². The molecular weight excluding hydrogens is 845 g/mol. The average Bonchev–Trinajstić information content (AvgIpc) is 3.97. The van der Waals surface area contributed by atoms with E-state index in [-0.39, 0.29) is 38.3 Å². The van der Waals surface area contributed by atoms with Gasteiger partial charge in [-0.3, -0.25) is 9.59 Å². The summed E-state index contributed by atoms with van der Waals surface area (Å²) in [6.45, 7) is 0.129. The summed E-state index contributed by atoms with van der Waals surface area (Å²) in [7, 11) is 1.57. The molecule has 10 rings (SSSR count). The zero-order valence-corrected chi connectivity index (χ0v) is 35.1. The Morgan fingerprint density at radius 3 is 2.63 bits per heavy atom. The number of aromatic nitrogens is 2. The van der Waals surface area contributed by atoms with Crippen LogP contribution < -0.4 is 35.2 Å². The van der Waals surface area contributed by atoms with Gasteiger partial charge in [-0.2, -0.15) is 0 Å². The minimum Gasteiger partial charge on any atom is -0.493 e. The van der Waals surface area contributed by atoms with Crippen molar-refractivity contribution in [3.63, 3.8) is 0 Å². The number of aliphatic carboxylic acids is 1. The van der Waals surface area contributed by atoms with E-state index in [2.05, 4.69) is 16.8 Å². The van der Waals surface area contributed by atoms with E-state index < -0.39 is 84.9 Å². The topological polar surface area (TPSA) is 273 Å². The third-order valence-electron chi connectivity index (χ3n) is 13.2. The molecule has 0 radical (unpaired) electrons. The van der Waals surface area contributed by atoms with Crippen LogP contribution in [-0.2, 0) is 38.6 Å². The number of hydrogen-bond donors (Lipinski definition) is 8. The van der Waals surface area contributed by atoms with E-state index >= 15 is 0 Å². The van der Waals surface area contributed by atoms with Crippen molar-refractivity contribution in [3.05, 3.63) is 101 Å². The van der Waals surface area contributed by atoms with Crippen LogP contribution >= 0.6 is 0 Å². The summed E-state index contributed by atoms with van der Waals surface area (Å²) in [4.78, 5) is 27.1. The minimum absolute atomic E-state index is 0.0673. The zero-order valence-electron chi connectivity index (χ0n) is 35.1. The summed E-state index contributed by atoms with van der Waals surface area (Å²) in [6, 6.07) is 17.3. The second kappa shape index (κ2) is 16.6. The molecule has 0 amide bonds. The summed E-state index contributed by atoms with van der Waals surface area (Å²) in [5, 5.41) is 56.4. The van der Waals surface area contributed by atoms with Gasteiger partial charge in [-0.1, -0.05) is 48.2 Å². The molecule has 18 nitrogen and oxygen atoms in total. The number of nitrogens with two attached hydrogens (primary N) is 2. The number of ether oxygens (including phenoxy) is 7. The van der Waals surface area contributed by atoms with Crippen molar-refractivity contribution in [2.24, 2.45) is 11.5 Å². The molecule has 0 saturated carbocycles. The first-order chi connectivity index (χ1) is 31.4. The Labute approximate surface area is 371 Å². The highest BCUT2D eigenvalue weighted by Crippen LogP contribution is 2.61. The van der Waals surface area contributed by atoms with E-state index in [1.54, 1.807) is 19.4 Å². The molecule has 0 spiro atoms. The molecule has 1 saturated heterocycles. The summed E-state index contributed by atoms with van der Waals surface area (Å²) in [5.74, 6) is 5.22. The fourth-order valence-corrected chi connectivity index (χ4v) is 10.2. The fourth-order valence-electron chi connectivity index (χ4n) is 10.2. The number of carbonyl (C=O) groups excluding carboxylic acids is 1. The minimum atomic E-state index is -2.27. The zero-order chi connectivity index (χ0) is 45.3. The number of rotatable bonds is 10. The Morgan fingerprint density at radius 1 is 1.06 bits per heavy atom. The Kier molecular flexibility index (Phi) is 10.9. The first kappa shape index (κ1) is 42.6. The standard InChI is InChI=1S/C47H48N4O14/c1-59-29-11-10-26-35-38-24(22-7-3-2-4-8-22)9-5-6-16-60-40(29)39(26)64-41(35)34-27(20-51-19-23-13-15-50-36(23)28(51)21-52)25-12-14-47(58)44(57)37(56)42(43(45(48)49)63-33(55)18-32(53)54)65-46(47)62-30(25)17-31(34)61-38/h2-4,7-8,10-11,13,15,17,19,24,35,37-38,41-46,50,52,56-58H,6,12,14,16,18,20-21,48-49H2,1H3,(H,53,54)/t24-,35+,37+,38+,41-,42-,43-,44-,46+,47+/m0/s1. The monoisotopic (exact) mass is 892 g/mol. The van der Waals surface area contributed by atoms with Crippen molar-refractivity contribution in [1.82, 2.24) is 9.55 Å². The molecule has 5 aromatic rings. The van der Waals surface area contributed by atoms with Gasteiger partial charge in [0.15, 0.2) is 23.2 Å². The van der Waals surface area contributed by atoms with Gasteiger partial charge in [0, 0.05) is 53.5 Å². The molecule has 5 aliphatic heterocycles. The van der Waals surface area contributed by atoms with E-state index in [9.17, 15) is 35.1 Å². The third-order valence-corrected chi connectivity index (χ3v) is 13.2. The van der Waals surface area contributed by atoms with Crippen molar-refractivity contribution in [2.45, 2.75) is 105 Å². The Hall–Kier alpha value is -6.30. The first-order valence-electron chi connectivity index (χ1n) is 21.4. The smallest absolute Gasteiger partial charge is 0.317 e. The second-order valence-electron chi connectivity index (χ2n) is 17.0. The van der Waals surface area contributed by atoms with Crippen molar-refractivity contribution in [2.75, 3.05) is 13.7 Å². The number of benzene rings is 3. The number of H-pyrrole nitrogens is 1. The lowest BCUT2D eigenvalue weighted by Gasteiger charge is -2.48. The quantitative estimate of drug-likeness (QED) is 0.0432. The number of carboxylic acids is 1. The first-order valence-corrected chi connectivity index (χ1v) is 21.4. The molecule has 65 heavy (non-hydrogen) atoms. The molecule has 10 N–H and O–H groups in total. The van der Waals surface area contributed by atoms with Crippen LogP contribution in [0.2, 0.25) is 0 Å². The molecule has 5 aliphatic rings. The maximum Gasteiger partial charge on any atom is 0.317 e. The van der Waals surface area contributed by atoms with Gasteiger partial charge in [0.1, 0.15) is 48.4 Å². The van der Waals surface area contributed by atoms with Gasteiger partial charge < -0.3 is 79.7 Å². The molecule has 10 atom stereocenters. The van der Waals surface area contributed by atoms with Crippen LogP contribution in [0.25, 0.3) is 10.9 Å². The largest absolute Gasteiger partial charge is 0.493 e. The molecule has 0 unspecified atom stereocenters. The summed E-state index contributed by atoms with van der Waals surface area (Å²) < 4.78 is 46.6. The van der Waals surface area contributed by atoms with Gasteiger partial charge in [0.05, 0.1) is 49.5 Å². The lowest BCUT2D eigenvalue weighted by atomic mass is 9.75. The number of fused-ring (bicyclic) bond motifs is 5. The van der Waals surface area contributed by atoms with Crippen LogP contribution in [0.15, 0.2) is 67.0 Å². The number of hydrogen-bond acceptors (Lipinski definition) is 15. The summed E-state index contributed by atoms with van der Waals surface area (Å²) in [5.41, 5.74) is 14.8. The van der Waals surface area contributed by atoms with Crippen LogP contribution in [0.5, 0.6) is 28.7 Å². The lowest BCUT2D eigenvalue weighted by molar-refractivity contribution is -0.329. The van der Waals surface area contributed by atoms with Gasteiger partial charge in [-0.25, -0.2) is 0 Å². The number of carboxylic acid groups (broad SMARTS) is 1. The predicted octanol–water partition coefficient (Wildman–Crippen LogP) is 2.20. The molecule has 4 bridgehead atoms. The van der Waals surface area contributed by atoms with Gasteiger partial charge in [-0.15, -0.1) is 0 Å². The van der Waals surface area contributed by atoms with Crippen molar-refractivity contribution in [3.8, 4) is 40.6 Å². The summed E-state index contributed by atoms with van der Waals surface area (Å²) in [6.07, 6.45) is -8.88. The molecule has 7 heterocycles. The number of nitrogens with zero attached hydrogens (tertiary/aromatic N) is 1. The van der Waals surface area contributed by atoms with Crippen molar-refractivity contribution < 1.29 is 68.3 Å². The molecule has 18 heteroatoms. The van der Waals surface area contributed by atoms with E-state index in [4.69, 9.17) is 44.6 Å². The number of aliphatic hydroxyl groups excluding tert-OH is 3. The third kappa shape index (κ3) is 7.11. The highest BCUT2D eigenvalue weighted by molar-refractivity contribution is 5.90. The molecule has 0 aliphatic carbocycles. The van der Waals surface area contributed by atoms with Crippen LogP contribution in [0, 0.1) is 11.8 Å². The second-order valence-corrected chi connectivity index (χ2v) is 17.0. The highest BCUT2D eigenvalue weighted by Gasteiger charge is 2.60. The highest BCUT2D eigenvalue weighted by atomic mass is 16.7. The van der Waals surface area contributed by atoms with Gasteiger partial charge >= 0.3 is 11.9 Å². The SMILES string of the molecule is COc1ccc2c3c1OCCC#C[C@@H](c1ccccc1)[C@H]1Oc4cc5c(c(Cn6cc7cc[nH]c7c6CO)c4[C@H](O3)[C@H]21)CC[C@]1(O)[C@H](O5)O[C@H]([C@H](OC(=O)CC(=O)O)C(N)N)[C@@H](O)[C@@H]1O. The van der Waals surface area contributed by atoms with Crippen molar-refractivity contribution >= 4 is 22.8 Å². The van der Waals surface area contributed by atoms with E-state index in [1.807, 2.05) is 59.3 Å². The van der Waals surface area contributed by atoms with E-state index in [1.165, 1.54) is 0 Å². The lowest BCUT2D eigenvalue weighted by Crippen LogP contribution is -2.71. The molecule has 2 aromatic heterocycles. The molecule has 1 fully saturated rings. The maximum atomic E-state index is 12.5. The Balaban J connectivity index is 1.15. The average molecular weight is 893 g/mol. The summed E-state index contributed by atoms with van der Waals surface area (Å²) >= 11 is 0. The fraction of sp³-hybridized carbons (Fsp3) is 0.404. The number of aliphatic hydroxyl groups is 4. The van der Waals surface area contributed by atoms with E-state index in [0.29, 0.717) is 51.8 Å². The number of methoxy groups -OCH3 is 1. The van der Waals surface area contributed by atoms with Crippen LogP contribution in [0.3, 0.4) is 0 Å². The van der Waals surface area contributed by atoms with Crippen molar-refractivity contribution in [1.29, 1.82) is 0 Å².